The van der Waals surface area contributed by atoms with E-state index in [1.165, 1.54) is 11.8 Å². The molecule has 2 N–H and O–H groups in total. The predicted molar refractivity (Wildman–Crippen MR) is 70.7 cm³/mol. The van der Waals surface area contributed by atoms with Crippen molar-refractivity contribution >= 4 is 39.3 Å². The Balaban J connectivity index is 1.99. The van der Waals surface area contributed by atoms with Gasteiger partial charge >= 0.3 is 0 Å². The predicted octanol–water partition coefficient (Wildman–Crippen LogP) is 1.11. The highest BCUT2D eigenvalue weighted by Gasteiger charge is 2.29. The van der Waals surface area contributed by atoms with E-state index in [2.05, 4.69) is 36.8 Å². The lowest BCUT2D eigenvalue weighted by molar-refractivity contribution is -0.123. The molecule has 3 rings (SSSR count). The number of nitrogens with one attached hydrogen (secondary N) is 1. The number of hydrogen-bond acceptors (Lipinski definition) is 6. The second-order valence-corrected chi connectivity index (χ2v) is 5.81. The zero-order chi connectivity index (χ0) is 13.6. The summed E-state index contributed by atoms with van der Waals surface area (Å²) < 4.78 is 2.33. The second kappa shape index (κ2) is 4.58. The van der Waals surface area contributed by atoms with Crippen LogP contribution in [0.15, 0.2) is 26.7 Å². The van der Waals surface area contributed by atoms with Gasteiger partial charge < -0.3 is 10.4 Å². The number of aryl methyl sites for hydroxylation is 1. The highest BCUT2D eigenvalue weighted by Crippen LogP contribution is 2.40. The van der Waals surface area contributed by atoms with Gasteiger partial charge in [-0.2, -0.15) is 0 Å². The van der Waals surface area contributed by atoms with Crippen LogP contribution < -0.4 is 5.32 Å². The maximum atomic E-state index is 11.4. The Hall–Kier alpha value is -1.45. The SMILES string of the molecule is Cn1nnnc1Sc1cc2c(cc1Br)C(O)C(=O)N2. The fourth-order valence-electron chi connectivity index (χ4n) is 1.73. The molecule has 0 saturated heterocycles. The van der Waals surface area contributed by atoms with E-state index < -0.39 is 12.0 Å². The van der Waals surface area contributed by atoms with Crippen molar-refractivity contribution in [2.24, 2.45) is 7.05 Å². The first-order valence-corrected chi connectivity index (χ1v) is 6.90. The summed E-state index contributed by atoms with van der Waals surface area (Å²) in [4.78, 5) is 12.3. The van der Waals surface area contributed by atoms with Gasteiger partial charge in [-0.05, 0) is 50.3 Å². The zero-order valence-corrected chi connectivity index (χ0v) is 12.1. The lowest BCUT2D eigenvalue weighted by Gasteiger charge is -2.07. The molecule has 1 aromatic heterocycles. The molecule has 0 fully saturated rings. The number of anilines is 1. The van der Waals surface area contributed by atoms with Crippen molar-refractivity contribution in [3.63, 3.8) is 0 Å². The number of rotatable bonds is 2. The van der Waals surface area contributed by atoms with Gasteiger partial charge in [0, 0.05) is 27.7 Å². The summed E-state index contributed by atoms with van der Waals surface area (Å²) in [7, 11) is 1.75. The molecule has 1 atom stereocenters. The van der Waals surface area contributed by atoms with Gasteiger partial charge in [0.25, 0.3) is 5.91 Å². The number of hydrogen-bond donors (Lipinski definition) is 2. The molecule has 2 aromatic rings. The maximum Gasteiger partial charge on any atom is 0.257 e. The number of carbonyl (C=O) groups excluding carboxylic acids is 1. The molecule has 1 unspecified atom stereocenters. The number of fused-ring (bicyclic) bond motifs is 1. The minimum atomic E-state index is -1.11. The van der Waals surface area contributed by atoms with Crippen molar-refractivity contribution in [2.75, 3.05) is 5.32 Å². The molecule has 0 radical (unpaired) electrons. The van der Waals surface area contributed by atoms with Crippen LogP contribution in [0.2, 0.25) is 0 Å². The van der Waals surface area contributed by atoms with Crippen molar-refractivity contribution in [1.29, 1.82) is 0 Å². The summed E-state index contributed by atoms with van der Waals surface area (Å²) in [5.74, 6) is -0.413. The van der Waals surface area contributed by atoms with Gasteiger partial charge in [-0.25, -0.2) is 4.68 Å². The number of nitrogens with zero attached hydrogens (tertiary/aromatic N) is 4. The van der Waals surface area contributed by atoms with Crippen molar-refractivity contribution in [3.8, 4) is 0 Å². The van der Waals surface area contributed by atoms with Crippen LogP contribution in [-0.2, 0) is 11.8 Å². The number of benzene rings is 1. The van der Waals surface area contributed by atoms with E-state index >= 15 is 0 Å². The summed E-state index contributed by atoms with van der Waals surface area (Å²) in [5.41, 5.74) is 1.18. The largest absolute Gasteiger partial charge is 0.378 e. The average molecular weight is 342 g/mol. The number of amides is 1. The van der Waals surface area contributed by atoms with Crippen molar-refractivity contribution < 1.29 is 9.90 Å². The molecule has 0 aliphatic carbocycles. The van der Waals surface area contributed by atoms with Crippen LogP contribution in [0.1, 0.15) is 11.7 Å². The maximum absolute atomic E-state index is 11.4. The summed E-state index contributed by atoms with van der Waals surface area (Å²) in [5, 5.41) is 24.1. The van der Waals surface area contributed by atoms with Crippen LogP contribution in [0.4, 0.5) is 5.69 Å². The number of carbonyl (C=O) groups is 1. The first-order chi connectivity index (χ1) is 9.06. The molecule has 7 nitrogen and oxygen atoms in total. The van der Waals surface area contributed by atoms with Gasteiger partial charge in [-0.3, -0.25) is 4.79 Å². The van der Waals surface area contributed by atoms with Gasteiger partial charge in [0.2, 0.25) is 5.16 Å². The average Bonchev–Trinajstić information content (AvgIpc) is 2.88. The van der Waals surface area contributed by atoms with E-state index in [-0.39, 0.29) is 0 Å². The summed E-state index contributed by atoms with van der Waals surface area (Å²) in [6.45, 7) is 0. The molecule has 0 bridgehead atoms. The van der Waals surface area contributed by atoms with Crippen LogP contribution in [0.5, 0.6) is 0 Å². The van der Waals surface area contributed by atoms with E-state index in [1.807, 2.05) is 0 Å². The van der Waals surface area contributed by atoms with E-state index in [4.69, 9.17) is 0 Å². The van der Waals surface area contributed by atoms with Gasteiger partial charge in [0.1, 0.15) is 0 Å². The van der Waals surface area contributed by atoms with Crippen molar-refractivity contribution in [2.45, 2.75) is 16.2 Å². The molecule has 98 valence electrons. The third kappa shape index (κ3) is 2.13. The monoisotopic (exact) mass is 341 g/mol. The molecule has 2 heterocycles. The van der Waals surface area contributed by atoms with Crippen LogP contribution in [0, 0.1) is 0 Å². The first-order valence-electron chi connectivity index (χ1n) is 5.29. The lowest BCUT2D eigenvalue weighted by atomic mass is 10.1. The van der Waals surface area contributed by atoms with Gasteiger partial charge in [-0.15, -0.1) is 5.10 Å². The topological polar surface area (TPSA) is 92.9 Å². The molecule has 1 amide bonds. The number of tetrazole rings is 1. The molecule has 0 spiro atoms. The summed E-state index contributed by atoms with van der Waals surface area (Å²) in [6, 6.07) is 3.51. The Bertz CT molecular complexity index is 674. The molecule has 9 heteroatoms. The molecule has 0 saturated carbocycles. The number of aliphatic hydroxyl groups excluding tert-OH is 1. The highest BCUT2D eigenvalue weighted by molar-refractivity contribution is 9.10. The number of aliphatic hydroxyl groups is 1. The number of halogens is 1. The second-order valence-electron chi connectivity index (χ2n) is 3.95. The summed E-state index contributed by atoms with van der Waals surface area (Å²) >= 11 is 4.78. The molecular formula is C10H8BrN5O2S. The molecule has 1 aliphatic rings. The molecule has 1 aromatic carbocycles. The fraction of sp³-hybridized carbons (Fsp3) is 0.200. The smallest absolute Gasteiger partial charge is 0.257 e. The van der Waals surface area contributed by atoms with Crippen LogP contribution in [0.25, 0.3) is 0 Å². The van der Waals surface area contributed by atoms with E-state index in [1.54, 1.807) is 23.9 Å². The highest BCUT2D eigenvalue weighted by atomic mass is 79.9. The van der Waals surface area contributed by atoms with Crippen LogP contribution in [0.3, 0.4) is 0 Å². The quantitative estimate of drug-likeness (QED) is 0.849. The van der Waals surface area contributed by atoms with Gasteiger partial charge in [-0.1, -0.05) is 0 Å². The number of aromatic nitrogens is 4. The normalized spacial score (nSPS) is 17.4. The molecule has 1 aliphatic heterocycles. The molecule has 19 heavy (non-hydrogen) atoms. The first kappa shape index (κ1) is 12.6. The van der Waals surface area contributed by atoms with E-state index in [9.17, 15) is 9.90 Å². The van der Waals surface area contributed by atoms with Crippen molar-refractivity contribution in [1.82, 2.24) is 20.2 Å². The minimum Gasteiger partial charge on any atom is -0.378 e. The van der Waals surface area contributed by atoms with Gasteiger partial charge in [0.05, 0.1) is 0 Å². The third-order valence-corrected chi connectivity index (χ3v) is 4.69. The Kier molecular flexibility index (Phi) is 3.03. The Morgan fingerprint density at radius 1 is 1.53 bits per heavy atom. The third-order valence-electron chi connectivity index (χ3n) is 2.69. The lowest BCUT2D eigenvalue weighted by Crippen LogP contribution is -2.10. The van der Waals surface area contributed by atoms with Crippen molar-refractivity contribution in [3.05, 3.63) is 22.2 Å². The minimum absolute atomic E-state index is 0.413. The van der Waals surface area contributed by atoms with E-state index in [0.717, 1.165) is 9.37 Å². The van der Waals surface area contributed by atoms with Crippen LogP contribution in [-0.4, -0.2) is 31.2 Å². The summed E-state index contributed by atoms with van der Waals surface area (Å²) in [6.07, 6.45) is -1.11. The van der Waals surface area contributed by atoms with Gasteiger partial charge in [0.15, 0.2) is 6.10 Å². The van der Waals surface area contributed by atoms with Crippen LogP contribution >= 0.6 is 27.7 Å². The molecular weight excluding hydrogens is 334 g/mol. The van der Waals surface area contributed by atoms with E-state index in [0.29, 0.717) is 16.4 Å². The Morgan fingerprint density at radius 2 is 2.32 bits per heavy atom. The zero-order valence-electron chi connectivity index (χ0n) is 9.66. The standard InChI is InChI=1S/C10H8BrN5O2S/c1-16-10(13-14-15-16)19-7-3-6-4(2-5(7)11)8(17)9(18)12-6/h2-3,8,17H,1H3,(H,12,18). The fourth-order valence-corrected chi connectivity index (χ4v) is 3.11. The Labute approximate surface area is 120 Å². The Morgan fingerprint density at radius 3 is 3.00 bits per heavy atom.